The third-order valence-electron chi connectivity index (χ3n) is 0. The first-order valence-corrected chi connectivity index (χ1v) is 2.19. The quantitative estimate of drug-likeness (QED) is 0.344. The van der Waals surface area contributed by atoms with Gasteiger partial charge in [0.1, 0.15) is 0 Å². The molecule has 0 radical (unpaired) electrons. The molecule has 0 aliphatic carbocycles. The fraction of sp³-hybridized carbons (Fsp3) is 0.222. The smallest absolute Gasteiger partial charge is 0.0473 e. The van der Waals surface area contributed by atoms with E-state index in [0.29, 0.717) is 0 Å². The second-order valence-corrected chi connectivity index (χ2v) is 0.658. The predicted octanol–water partition coefficient (Wildman–Crippen LogP) is 3.59. The van der Waals surface area contributed by atoms with Crippen molar-refractivity contribution in [3.63, 3.8) is 0 Å². The molecule has 0 fully saturated rings. The van der Waals surface area contributed by atoms with Crippen LogP contribution in [0.5, 0.6) is 0 Å². The van der Waals surface area contributed by atoms with Crippen molar-refractivity contribution < 1.29 is 0 Å². The molecular formula is C9H18. The van der Waals surface area contributed by atoms with E-state index in [-0.39, 0.29) is 7.43 Å². The van der Waals surface area contributed by atoms with E-state index in [1.165, 1.54) is 0 Å². The van der Waals surface area contributed by atoms with Gasteiger partial charge in [-0.3, -0.25) is 0 Å². The molecule has 0 rings (SSSR count). The van der Waals surface area contributed by atoms with Crippen LogP contribution >= 0.6 is 0 Å². The average molecular weight is 126 g/mol. The van der Waals surface area contributed by atoms with Crippen molar-refractivity contribution in [1.29, 1.82) is 0 Å². The van der Waals surface area contributed by atoms with E-state index >= 15 is 0 Å². The summed E-state index contributed by atoms with van der Waals surface area (Å²) in [6.45, 7) is 17.5. The molecule has 0 saturated heterocycles. The van der Waals surface area contributed by atoms with E-state index in [2.05, 4.69) is 38.6 Å². The van der Waals surface area contributed by atoms with E-state index in [1.54, 1.807) is 6.08 Å². The summed E-state index contributed by atoms with van der Waals surface area (Å²) >= 11 is 0. The predicted molar refractivity (Wildman–Crippen MR) is 48.6 cm³/mol. The zero-order valence-electron chi connectivity index (χ0n) is 5.61. The van der Waals surface area contributed by atoms with Gasteiger partial charge in [0.25, 0.3) is 0 Å². The molecule has 0 aliphatic rings. The molecule has 0 aromatic heterocycles. The monoisotopic (exact) mass is 126 g/mol. The Morgan fingerprint density at radius 1 is 1.22 bits per heavy atom. The van der Waals surface area contributed by atoms with Gasteiger partial charge in [-0.05, 0) is 6.92 Å². The zero-order chi connectivity index (χ0) is 7.41. The normalized spacial score (nSPS) is 2.78. The van der Waals surface area contributed by atoms with Crippen molar-refractivity contribution in [2.45, 2.75) is 14.4 Å². The fourth-order valence-corrected chi connectivity index (χ4v) is 0. The first kappa shape index (κ1) is 24.5. The summed E-state index contributed by atoms with van der Waals surface area (Å²) in [5.41, 5.74) is 2.25. The molecule has 0 heteroatoms. The summed E-state index contributed by atoms with van der Waals surface area (Å²) in [6.07, 6.45) is 1.75. The van der Waals surface area contributed by atoms with Gasteiger partial charge in [-0.25, -0.2) is 0 Å². The van der Waals surface area contributed by atoms with E-state index in [1.807, 2.05) is 6.92 Å². The van der Waals surface area contributed by atoms with Crippen LogP contribution in [-0.2, 0) is 0 Å². The third kappa shape index (κ3) is 175. The van der Waals surface area contributed by atoms with Crippen molar-refractivity contribution in [3.05, 3.63) is 44.7 Å². The second-order valence-electron chi connectivity index (χ2n) is 0.658. The van der Waals surface area contributed by atoms with Gasteiger partial charge in [0.05, 0.1) is 0 Å². The Balaban J connectivity index is -0.0000000202. The van der Waals surface area contributed by atoms with Crippen LogP contribution in [0.25, 0.3) is 0 Å². The highest BCUT2D eigenvalue weighted by atomic mass is 13.2. The van der Waals surface area contributed by atoms with E-state index in [0.717, 1.165) is 0 Å². The van der Waals surface area contributed by atoms with Crippen LogP contribution in [0.3, 0.4) is 0 Å². The van der Waals surface area contributed by atoms with Crippen LogP contribution < -0.4 is 0 Å². The minimum absolute atomic E-state index is 0. The maximum absolute atomic E-state index is 3.36. The topological polar surface area (TPSA) is 0 Å². The van der Waals surface area contributed by atoms with Crippen molar-refractivity contribution in [1.82, 2.24) is 0 Å². The van der Waals surface area contributed by atoms with Gasteiger partial charge >= 0.3 is 0 Å². The van der Waals surface area contributed by atoms with Gasteiger partial charge in [-0.1, -0.05) is 26.7 Å². The lowest BCUT2D eigenvalue weighted by Gasteiger charge is -1.31. The molecule has 0 bridgehead atoms. The molecule has 0 nitrogen and oxygen atoms in total. The summed E-state index contributed by atoms with van der Waals surface area (Å²) in [6, 6.07) is 0. The fourth-order valence-electron chi connectivity index (χ4n) is 0. The molecule has 0 aromatic rings. The molecule has 0 unspecified atom stereocenters. The number of rotatable bonds is 0. The lowest BCUT2D eigenvalue weighted by molar-refractivity contribution is 1.80. The minimum Gasteiger partial charge on any atom is -0.137 e. The Hall–Kier alpha value is -1.00. The van der Waals surface area contributed by atoms with Crippen LogP contribution in [0, 0.1) is 0 Å². The first-order valence-electron chi connectivity index (χ1n) is 2.19. The summed E-state index contributed by atoms with van der Waals surface area (Å²) in [4.78, 5) is 0. The van der Waals surface area contributed by atoms with Gasteiger partial charge in [-0.15, -0.1) is 25.5 Å². The van der Waals surface area contributed by atoms with Gasteiger partial charge in [0.2, 0.25) is 0 Å². The van der Waals surface area contributed by atoms with Gasteiger partial charge < -0.3 is 0 Å². The number of allylic oxidation sites excluding steroid dienone is 1. The van der Waals surface area contributed by atoms with Crippen LogP contribution in [0.4, 0.5) is 0 Å². The van der Waals surface area contributed by atoms with E-state index in [9.17, 15) is 0 Å². The molecule has 0 heterocycles. The minimum atomic E-state index is 0. The molecule has 0 amide bonds. The maximum atomic E-state index is 3.36. The lowest BCUT2D eigenvalue weighted by Crippen LogP contribution is -1.07. The van der Waals surface area contributed by atoms with Gasteiger partial charge in [0.15, 0.2) is 0 Å². The first-order chi connectivity index (χ1) is 3.83. The maximum Gasteiger partial charge on any atom is -0.0473 e. The highest BCUT2D eigenvalue weighted by molar-refractivity contribution is 4.52. The summed E-state index contributed by atoms with van der Waals surface area (Å²) in [5, 5.41) is 0. The lowest BCUT2D eigenvalue weighted by atomic mass is 10.8. The summed E-state index contributed by atoms with van der Waals surface area (Å²) in [5.74, 6) is 0. The van der Waals surface area contributed by atoms with E-state index < -0.39 is 0 Å². The Morgan fingerprint density at radius 2 is 1.22 bits per heavy atom. The van der Waals surface area contributed by atoms with Gasteiger partial charge in [0, 0.05) is 0 Å². The highest BCUT2D eigenvalue weighted by Gasteiger charge is 1.15. The summed E-state index contributed by atoms with van der Waals surface area (Å²) in [7, 11) is 0. The highest BCUT2D eigenvalue weighted by Crippen LogP contribution is 1.38. The standard InChI is InChI=1S/C3H6.C3H4.C2H4.CH4/c2*1-3-2;1-2;/h3H,1H2,2H3;1-2H2;1-2H2;1H4. The molecule has 0 aliphatic heterocycles. The Kier molecular flexibility index (Phi) is 686. The zero-order valence-corrected chi connectivity index (χ0v) is 5.61. The SMILES string of the molecule is C.C=C.C=C=C.C=CC. The average Bonchev–Trinajstić information content (AvgIpc) is 1.75. The molecule has 0 aromatic carbocycles. The van der Waals surface area contributed by atoms with Crippen molar-refractivity contribution in [2.24, 2.45) is 0 Å². The molecule has 0 atom stereocenters. The van der Waals surface area contributed by atoms with Gasteiger partial charge in [-0.2, -0.15) is 0 Å². The van der Waals surface area contributed by atoms with Crippen molar-refractivity contribution >= 4 is 0 Å². The molecule has 0 spiro atoms. The number of hydrogen-bond acceptors (Lipinski definition) is 0. The molecule has 54 valence electrons. The molecule has 0 N–H and O–H groups in total. The van der Waals surface area contributed by atoms with Crippen LogP contribution in [-0.4, -0.2) is 0 Å². The van der Waals surface area contributed by atoms with Crippen molar-refractivity contribution in [2.75, 3.05) is 0 Å². The van der Waals surface area contributed by atoms with Crippen LogP contribution in [0.15, 0.2) is 44.7 Å². The molecule has 9 heavy (non-hydrogen) atoms. The van der Waals surface area contributed by atoms with Crippen molar-refractivity contribution in [3.8, 4) is 0 Å². The van der Waals surface area contributed by atoms with E-state index in [4.69, 9.17) is 0 Å². The molecular weight excluding hydrogens is 108 g/mol. The third-order valence-corrected chi connectivity index (χ3v) is 0. The Morgan fingerprint density at radius 3 is 1.22 bits per heavy atom. The second kappa shape index (κ2) is 252. The molecule has 0 saturated carbocycles. The number of hydrogen-bond donors (Lipinski definition) is 0. The largest absolute Gasteiger partial charge is 0.137 e. The van der Waals surface area contributed by atoms with Crippen LogP contribution in [0.1, 0.15) is 14.4 Å². The summed E-state index contributed by atoms with van der Waals surface area (Å²) < 4.78 is 0. The van der Waals surface area contributed by atoms with Crippen LogP contribution in [0.2, 0.25) is 0 Å². The Bertz CT molecular complexity index is 54.4. The Labute approximate surface area is 59.9 Å².